The molecule has 0 N–H and O–H groups in total. The van der Waals surface area contributed by atoms with Crippen molar-refractivity contribution in [1.82, 2.24) is 9.80 Å². The first kappa shape index (κ1) is 23.9. The zero-order chi connectivity index (χ0) is 23.0. The van der Waals surface area contributed by atoms with Gasteiger partial charge in [0, 0.05) is 37.6 Å². The number of halogens is 1. The molecule has 3 amide bonds. The molecule has 1 aromatic rings. The number of ether oxygens (including phenoxy) is 1. The lowest BCUT2D eigenvalue weighted by atomic mass is 9.72. The van der Waals surface area contributed by atoms with Crippen molar-refractivity contribution in [2.24, 2.45) is 5.92 Å². The van der Waals surface area contributed by atoms with E-state index < -0.39 is 14.1 Å². The topological polar surface area (TPSA) is 66.9 Å². The predicted octanol–water partition coefficient (Wildman–Crippen LogP) is 4.40. The molecular formula is C24H33IN2O4Si. The summed E-state index contributed by atoms with van der Waals surface area (Å²) in [6.07, 6.45) is 3.08. The lowest BCUT2D eigenvalue weighted by molar-refractivity contribution is -0.158. The fourth-order valence-corrected chi connectivity index (χ4v) is 6.26. The number of nitrogens with zero attached hydrogens (tertiary/aromatic N) is 2. The monoisotopic (exact) mass is 568 g/mol. The highest BCUT2D eigenvalue weighted by atomic mass is 127. The molecule has 0 bridgehead atoms. The summed E-state index contributed by atoms with van der Waals surface area (Å²) in [6.45, 7) is 7.76. The van der Waals surface area contributed by atoms with E-state index in [0.29, 0.717) is 31.1 Å². The zero-order valence-corrected chi connectivity index (χ0v) is 22.4. The SMILES string of the molecule is C[Si](C)(C)CCOCN1C(=O)CCC(N2Cc3cc(C4CC(CI)C4)ccc3C2=O)C1=O. The maximum Gasteiger partial charge on any atom is 0.255 e. The molecule has 0 aromatic heterocycles. The number of alkyl halides is 1. The molecule has 1 aromatic carbocycles. The van der Waals surface area contributed by atoms with E-state index in [2.05, 4.69) is 54.4 Å². The molecule has 0 radical (unpaired) electrons. The smallest absolute Gasteiger partial charge is 0.255 e. The van der Waals surface area contributed by atoms with Gasteiger partial charge in [-0.25, -0.2) is 0 Å². The molecule has 1 atom stereocenters. The first-order valence-corrected chi connectivity index (χ1v) is 16.8. The molecule has 8 heteroatoms. The van der Waals surface area contributed by atoms with Gasteiger partial charge in [-0.3, -0.25) is 19.3 Å². The van der Waals surface area contributed by atoms with E-state index in [1.807, 2.05) is 6.07 Å². The zero-order valence-electron chi connectivity index (χ0n) is 19.2. The van der Waals surface area contributed by atoms with Gasteiger partial charge in [0.05, 0.1) is 0 Å². The molecule has 2 aliphatic heterocycles. The van der Waals surface area contributed by atoms with Crippen molar-refractivity contribution in [2.75, 3.05) is 17.8 Å². The second-order valence-corrected chi connectivity index (χ2v) is 17.1. The number of rotatable bonds is 8. The average Bonchev–Trinajstić information content (AvgIpc) is 3.01. The average molecular weight is 569 g/mol. The summed E-state index contributed by atoms with van der Waals surface area (Å²) in [5.41, 5.74) is 3.01. The van der Waals surface area contributed by atoms with Crippen LogP contribution in [-0.4, -0.2) is 59.4 Å². The Morgan fingerprint density at radius 3 is 2.59 bits per heavy atom. The maximum atomic E-state index is 13.1. The minimum Gasteiger partial charge on any atom is -0.361 e. The van der Waals surface area contributed by atoms with Crippen LogP contribution in [0.5, 0.6) is 0 Å². The molecule has 2 fully saturated rings. The van der Waals surface area contributed by atoms with Crippen molar-refractivity contribution in [3.05, 3.63) is 34.9 Å². The van der Waals surface area contributed by atoms with Crippen molar-refractivity contribution in [2.45, 2.75) is 69.9 Å². The number of fused-ring (bicyclic) bond motifs is 1. The molecule has 6 nitrogen and oxygen atoms in total. The Labute approximate surface area is 205 Å². The van der Waals surface area contributed by atoms with E-state index in [-0.39, 0.29) is 30.9 Å². The Kier molecular flexibility index (Phi) is 7.12. The number of carbonyl (C=O) groups excluding carboxylic acids is 3. The van der Waals surface area contributed by atoms with Crippen molar-refractivity contribution in [3.63, 3.8) is 0 Å². The Morgan fingerprint density at radius 2 is 1.91 bits per heavy atom. The third kappa shape index (κ3) is 4.96. The van der Waals surface area contributed by atoms with Gasteiger partial charge in [0.15, 0.2) is 0 Å². The Balaban J connectivity index is 1.40. The third-order valence-corrected chi connectivity index (χ3v) is 9.91. The first-order valence-electron chi connectivity index (χ1n) is 11.6. The van der Waals surface area contributed by atoms with Crippen LogP contribution in [0.4, 0.5) is 0 Å². The lowest BCUT2D eigenvalue weighted by Crippen LogP contribution is -2.55. The van der Waals surface area contributed by atoms with Crippen LogP contribution in [0.2, 0.25) is 25.7 Å². The number of carbonyl (C=O) groups is 3. The summed E-state index contributed by atoms with van der Waals surface area (Å²) in [5, 5.41) is 0. The van der Waals surface area contributed by atoms with Gasteiger partial charge in [0.1, 0.15) is 12.8 Å². The van der Waals surface area contributed by atoms with Gasteiger partial charge in [-0.1, -0.05) is 54.4 Å². The highest BCUT2D eigenvalue weighted by Gasteiger charge is 2.43. The fourth-order valence-electron chi connectivity index (χ4n) is 4.78. The highest BCUT2D eigenvalue weighted by Crippen LogP contribution is 2.43. The largest absolute Gasteiger partial charge is 0.361 e. The van der Waals surface area contributed by atoms with Gasteiger partial charge >= 0.3 is 0 Å². The van der Waals surface area contributed by atoms with Gasteiger partial charge in [0.25, 0.3) is 11.8 Å². The van der Waals surface area contributed by atoms with Crippen molar-refractivity contribution in [3.8, 4) is 0 Å². The summed E-state index contributed by atoms with van der Waals surface area (Å²) in [4.78, 5) is 41.5. The van der Waals surface area contributed by atoms with Crippen LogP contribution in [0.15, 0.2) is 18.2 Å². The second kappa shape index (κ2) is 9.54. The number of amides is 3. The molecule has 1 saturated heterocycles. The van der Waals surface area contributed by atoms with Crippen LogP contribution in [0.3, 0.4) is 0 Å². The molecule has 1 saturated carbocycles. The molecule has 2 heterocycles. The minimum absolute atomic E-state index is 0.0164. The molecule has 0 spiro atoms. The van der Waals surface area contributed by atoms with Crippen molar-refractivity contribution in [1.29, 1.82) is 0 Å². The molecular weight excluding hydrogens is 535 g/mol. The van der Waals surface area contributed by atoms with Gasteiger partial charge in [-0.2, -0.15) is 0 Å². The summed E-state index contributed by atoms with van der Waals surface area (Å²) >= 11 is 2.45. The summed E-state index contributed by atoms with van der Waals surface area (Å²) < 4.78 is 6.88. The maximum absolute atomic E-state index is 13.1. The third-order valence-electron chi connectivity index (χ3n) is 6.96. The van der Waals surface area contributed by atoms with Crippen molar-refractivity contribution < 1.29 is 19.1 Å². The number of likely N-dealkylation sites (tertiary alicyclic amines) is 1. The lowest BCUT2D eigenvalue weighted by Gasteiger charge is -2.35. The van der Waals surface area contributed by atoms with Crippen LogP contribution in [0.25, 0.3) is 0 Å². The number of hydrogen-bond donors (Lipinski definition) is 0. The van der Waals surface area contributed by atoms with Gasteiger partial charge < -0.3 is 9.64 Å². The molecule has 4 rings (SSSR count). The number of hydrogen-bond acceptors (Lipinski definition) is 4. The first-order chi connectivity index (χ1) is 15.2. The summed E-state index contributed by atoms with van der Waals surface area (Å²) in [5.74, 6) is 0.780. The number of benzene rings is 1. The molecule has 3 aliphatic rings. The summed E-state index contributed by atoms with van der Waals surface area (Å²) in [6, 6.07) is 6.56. The van der Waals surface area contributed by atoms with E-state index in [0.717, 1.165) is 17.5 Å². The number of imide groups is 1. The Morgan fingerprint density at radius 1 is 1.16 bits per heavy atom. The fraction of sp³-hybridized carbons (Fsp3) is 0.625. The van der Waals surface area contributed by atoms with Crippen LogP contribution in [0.1, 0.15) is 53.1 Å². The van der Waals surface area contributed by atoms with E-state index in [1.54, 1.807) is 4.90 Å². The standard InChI is InChI=1S/C24H33IN2O4Si/c1-32(2,3)9-8-31-15-27-22(28)7-6-21(24(27)30)26-14-19-12-17(4-5-20(19)23(26)29)18-10-16(11-18)13-25/h4-5,12,16,18,21H,6-11,13-15H2,1-3H3. The molecule has 32 heavy (non-hydrogen) atoms. The van der Waals surface area contributed by atoms with E-state index in [4.69, 9.17) is 4.74 Å². The normalized spacial score (nSPS) is 25.9. The summed E-state index contributed by atoms with van der Waals surface area (Å²) in [7, 11) is -1.24. The van der Waals surface area contributed by atoms with Gasteiger partial charge in [0.2, 0.25) is 5.91 Å². The second-order valence-electron chi connectivity index (χ2n) is 10.6. The van der Waals surface area contributed by atoms with Gasteiger partial charge in [-0.15, -0.1) is 0 Å². The van der Waals surface area contributed by atoms with Crippen LogP contribution in [-0.2, 0) is 20.9 Å². The Bertz CT molecular complexity index is 910. The quantitative estimate of drug-likeness (QED) is 0.153. The van der Waals surface area contributed by atoms with Crippen LogP contribution < -0.4 is 0 Å². The van der Waals surface area contributed by atoms with Crippen molar-refractivity contribution >= 4 is 48.4 Å². The number of piperidine rings is 1. The highest BCUT2D eigenvalue weighted by molar-refractivity contribution is 14.1. The molecule has 1 unspecified atom stereocenters. The van der Waals surface area contributed by atoms with Crippen LogP contribution >= 0.6 is 22.6 Å². The Hall–Kier alpha value is -1.26. The predicted molar refractivity (Wildman–Crippen MR) is 135 cm³/mol. The molecule has 174 valence electrons. The van der Waals surface area contributed by atoms with Gasteiger partial charge in [-0.05, 0) is 54.3 Å². The van der Waals surface area contributed by atoms with E-state index in [1.165, 1.54) is 27.7 Å². The van der Waals surface area contributed by atoms with Crippen LogP contribution in [0, 0.1) is 5.92 Å². The minimum atomic E-state index is -1.24. The van der Waals surface area contributed by atoms with E-state index in [9.17, 15) is 14.4 Å². The molecule has 1 aliphatic carbocycles. The van der Waals surface area contributed by atoms with E-state index >= 15 is 0 Å².